The lowest BCUT2D eigenvalue weighted by molar-refractivity contribution is 1.11. The molecule has 0 unspecified atom stereocenters. The van der Waals surface area contributed by atoms with Crippen LogP contribution in [0.2, 0.25) is 0 Å². The lowest BCUT2D eigenvalue weighted by Gasteiger charge is -2.08. The average molecular weight is 278 g/mol. The number of benzene rings is 1. The van der Waals surface area contributed by atoms with E-state index in [1.54, 1.807) is 12.4 Å². The number of nitrogens with one attached hydrogen (secondary N) is 1. The highest BCUT2D eigenvalue weighted by atomic mass is 79.9. The Morgan fingerprint density at radius 3 is 2.56 bits per heavy atom. The summed E-state index contributed by atoms with van der Waals surface area (Å²) in [6.07, 6.45) is 4.44. The molecule has 16 heavy (non-hydrogen) atoms. The van der Waals surface area contributed by atoms with E-state index in [1.165, 1.54) is 5.56 Å². The van der Waals surface area contributed by atoms with Gasteiger partial charge in [-0.1, -0.05) is 25.1 Å². The van der Waals surface area contributed by atoms with Crippen LogP contribution in [0.4, 0.5) is 11.6 Å². The highest BCUT2D eigenvalue weighted by molar-refractivity contribution is 9.10. The summed E-state index contributed by atoms with van der Waals surface area (Å²) in [5.74, 6) is 0.615. The summed E-state index contributed by atoms with van der Waals surface area (Å²) < 4.78 is 0.877. The van der Waals surface area contributed by atoms with Gasteiger partial charge in [-0.05, 0) is 34.0 Å². The first-order valence-electron chi connectivity index (χ1n) is 5.12. The zero-order valence-corrected chi connectivity index (χ0v) is 10.5. The normalized spacial score (nSPS) is 10.1. The monoisotopic (exact) mass is 277 g/mol. The summed E-state index contributed by atoms with van der Waals surface area (Å²) in [5, 5.41) is 3.21. The van der Waals surface area contributed by atoms with Gasteiger partial charge >= 0.3 is 0 Å². The molecule has 0 fully saturated rings. The molecule has 1 N–H and O–H groups in total. The predicted octanol–water partition coefficient (Wildman–Crippen LogP) is 3.55. The Morgan fingerprint density at radius 2 is 1.88 bits per heavy atom. The molecule has 1 aromatic carbocycles. The van der Waals surface area contributed by atoms with E-state index >= 15 is 0 Å². The number of aromatic nitrogens is 2. The van der Waals surface area contributed by atoms with Crippen LogP contribution in [0.1, 0.15) is 12.5 Å². The second-order valence-corrected chi connectivity index (χ2v) is 4.28. The van der Waals surface area contributed by atoms with E-state index in [9.17, 15) is 0 Å². The molecule has 0 saturated carbocycles. The Labute approximate surface area is 103 Å². The summed E-state index contributed by atoms with van der Waals surface area (Å²) in [6.45, 7) is 2.13. The maximum Gasteiger partial charge on any atom is 0.227 e. The predicted molar refractivity (Wildman–Crippen MR) is 68.8 cm³/mol. The molecule has 0 saturated heterocycles. The Kier molecular flexibility index (Phi) is 3.51. The van der Waals surface area contributed by atoms with Crippen molar-refractivity contribution in [3.05, 3.63) is 46.7 Å². The van der Waals surface area contributed by atoms with Crippen LogP contribution in [0.5, 0.6) is 0 Å². The summed E-state index contributed by atoms with van der Waals surface area (Å²) >= 11 is 3.31. The lowest BCUT2D eigenvalue weighted by Crippen LogP contribution is -1.98. The Morgan fingerprint density at radius 1 is 1.19 bits per heavy atom. The smallest absolute Gasteiger partial charge is 0.227 e. The number of aryl methyl sites for hydroxylation is 1. The lowest BCUT2D eigenvalue weighted by atomic mass is 10.1. The number of halogens is 1. The number of para-hydroxylation sites is 1. The first-order valence-corrected chi connectivity index (χ1v) is 5.91. The highest BCUT2D eigenvalue weighted by Gasteiger charge is 2.01. The largest absolute Gasteiger partial charge is 0.324 e. The van der Waals surface area contributed by atoms with E-state index < -0.39 is 0 Å². The number of hydrogen-bond acceptors (Lipinski definition) is 3. The molecule has 2 rings (SSSR count). The van der Waals surface area contributed by atoms with Gasteiger partial charge in [-0.15, -0.1) is 0 Å². The maximum atomic E-state index is 4.18. The van der Waals surface area contributed by atoms with Gasteiger partial charge in [0.1, 0.15) is 0 Å². The van der Waals surface area contributed by atoms with Gasteiger partial charge in [0.15, 0.2) is 0 Å². The van der Waals surface area contributed by atoms with Crippen molar-refractivity contribution in [1.82, 2.24) is 9.97 Å². The van der Waals surface area contributed by atoms with Crippen molar-refractivity contribution < 1.29 is 0 Å². The molecule has 2 aromatic rings. The summed E-state index contributed by atoms with van der Waals surface area (Å²) in [7, 11) is 0. The first kappa shape index (κ1) is 11.1. The minimum Gasteiger partial charge on any atom is -0.324 e. The van der Waals surface area contributed by atoms with Crippen LogP contribution >= 0.6 is 15.9 Å². The molecular weight excluding hydrogens is 266 g/mol. The van der Waals surface area contributed by atoms with Gasteiger partial charge < -0.3 is 5.32 Å². The molecule has 3 nitrogen and oxygen atoms in total. The second kappa shape index (κ2) is 5.07. The van der Waals surface area contributed by atoms with E-state index in [4.69, 9.17) is 0 Å². The Balaban J connectivity index is 2.23. The molecule has 0 spiro atoms. The SMILES string of the molecule is CCc1ccccc1Nc1ncc(Br)cn1. The molecule has 0 radical (unpaired) electrons. The van der Waals surface area contributed by atoms with Crippen molar-refractivity contribution >= 4 is 27.6 Å². The molecule has 0 atom stereocenters. The number of rotatable bonds is 3. The molecule has 4 heteroatoms. The number of anilines is 2. The van der Waals surface area contributed by atoms with Crippen molar-refractivity contribution in [1.29, 1.82) is 0 Å². The van der Waals surface area contributed by atoms with Crippen LogP contribution < -0.4 is 5.32 Å². The van der Waals surface area contributed by atoms with Crippen LogP contribution in [0.3, 0.4) is 0 Å². The number of hydrogen-bond donors (Lipinski definition) is 1. The van der Waals surface area contributed by atoms with E-state index in [1.807, 2.05) is 18.2 Å². The zero-order chi connectivity index (χ0) is 11.4. The van der Waals surface area contributed by atoms with Gasteiger partial charge in [-0.3, -0.25) is 0 Å². The first-order chi connectivity index (χ1) is 7.79. The zero-order valence-electron chi connectivity index (χ0n) is 8.94. The molecule has 0 bridgehead atoms. The van der Waals surface area contributed by atoms with Gasteiger partial charge in [0.05, 0.1) is 4.47 Å². The van der Waals surface area contributed by atoms with E-state index in [2.05, 4.69) is 44.2 Å². The topological polar surface area (TPSA) is 37.8 Å². The van der Waals surface area contributed by atoms with Gasteiger partial charge in [-0.2, -0.15) is 0 Å². The average Bonchev–Trinajstić information content (AvgIpc) is 2.33. The highest BCUT2D eigenvalue weighted by Crippen LogP contribution is 2.19. The van der Waals surface area contributed by atoms with E-state index in [0.717, 1.165) is 16.6 Å². The Hall–Kier alpha value is -1.42. The van der Waals surface area contributed by atoms with Crippen LogP contribution in [0.15, 0.2) is 41.1 Å². The van der Waals surface area contributed by atoms with Gasteiger partial charge in [0.25, 0.3) is 0 Å². The fourth-order valence-corrected chi connectivity index (χ4v) is 1.65. The third-order valence-electron chi connectivity index (χ3n) is 2.27. The summed E-state index contributed by atoms with van der Waals surface area (Å²) in [4.78, 5) is 8.36. The fourth-order valence-electron chi connectivity index (χ4n) is 1.45. The molecule has 0 aliphatic carbocycles. The van der Waals surface area contributed by atoms with Crippen molar-refractivity contribution in [2.75, 3.05) is 5.32 Å². The number of nitrogens with zero attached hydrogens (tertiary/aromatic N) is 2. The van der Waals surface area contributed by atoms with Crippen molar-refractivity contribution in [3.63, 3.8) is 0 Å². The minimum absolute atomic E-state index is 0.615. The minimum atomic E-state index is 0.615. The van der Waals surface area contributed by atoms with Crippen LogP contribution in [-0.4, -0.2) is 9.97 Å². The molecular formula is C12H12BrN3. The van der Waals surface area contributed by atoms with Crippen LogP contribution in [0, 0.1) is 0 Å². The molecule has 1 aromatic heterocycles. The standard InChI is InChI=1S/C12H12BrN3/c1-2-9-5-3-4-6-11(9)16-12-14-7-10(13)8-15-12/h3-8H,2H2,1H3,(H,14,15,16). The third kappa shape index (κ3) is 2.58. The van der Waals surface area contributed by atoms with Crippen molar-refractivity contribution in [3.8, 4) is 0 Å². The second-order valence-electron chi connectivity index (χ2n) is 3.36. The summed E-state index contributed by atoms with van der Waals surface area (Å²) in [6, 6.07) is 8.16. The molecule has 0 aliphatic rings. The van der Waals surface area contributed by atoms with Crippen molar-refractivity contribution in [2.45, 2.75) is 13.3 Å². The fraction of sp³-hybridized carbons (Fsp3) is 0.167. The quantitative estimate of drug-likeness (QED) is 0.933. The molecule has 82 valence electrons. The van der Waals surface area contributed by atoms with E-state index in [-0.39, 0.29) is 0 Å². The van der Waals surface area contributed by atoms with Crippen LogP contribution in [0.25, 0.3) is 0 Å². The van der Waals surface area contributed by atoms with Gasteiger partial charge in [-0.25, -0.2) is 9.97 Å². The van der Waals surface area contributed by atoms with Crippen molar-refractivity contribution in [2.24, 2.45) is 0 Å². The molecule has 0 aliphatic heterocycles. The van der Waals surface area contributed by atoms with Gasteiger partial charge in [0, 0.05) is 18.1 Å². The maximum absolute atomic E-state index is 4.18. The molecule has 1 heterocycles. The van der Waals surface area contributed by atoms with Crippen LogP contribution in [-0.2, 0) is 6.42 Å². The molecule has 0 amide bonds. The Bertz CT molecular complexity index is 468. The third-order valence-corrected chi connectivity index (χ3v) is 2.67. The van der Waals surface area contributed by atoms with Gasteiger partial charge in [0.2, 0.25) is 5.95 Å². The van der Waals surface area contributed by atoms with E-state index in [0.29, 0.717) is 5.95 Å². The summed E-state index contributed by atoms with van der Waals surface area (Å²) in [5.41, 5.74) is 2.32.